The van der Waals surface area contributed by atoms with E-state index >= 15 is 0 Å². The van der Waals surface area contributed by atoms with Gasteiger partial charge in [-0.25, -0.2) is 13.2 Å². The van der Waals surface area contributed by atoms with Crippen LogP contribution in [0, 0.1) is 17.5 Å². The minimum atomic E-state index is -0.968. The van der Waals surface area contributed by atoms with Gasteiger partial charge in [0.05, 0.1) is 13.2 Å². The second-order valence-corrected chi connectivity index (χ2v) is 4.35. The van der Waals surface area contributed by atoms with Crippen molar-refractivity contribution in [3.8, 4) is 5.75 Å². The highest BCUT2D eigenvalue weighted by atomic mass is 19.1. The van der Waals surface area contributed by atoms with Gasteiger partial charge in [-0.1, -0.05) is 18.2 Å². The number of ether oxygens (including phenoxy) is 1. The minimum absolute atomic E-state index is 0.357. The number of hydrogen-bond acceptors (Lipinski definition) is 2. The summed E-state index contributed by atoms with van der Waals surface area (Å²) in [5.41, 5.74) is 0.392. The van der Waals surface area contributed by atoms with Gasteiger partial charge in [-0.3, -0.25) is 0 Å². The van der Waals surface area contributed by atoms with Crippen molar-refractivity contribution in [3.05, 3.63) is 59.4 Å². The summed E-state index contributed by atoms with van der Waals surface area (Å²) in [4.78, 5) is 0. The van der Waals surface area contributed by atoms with Gasteiger partial charge in [0.2, 0.25) is 0 Å². The third-order valence-electron chi connectivity index (χ3n) is 2.97. The van der Waals surface area contributed by atoms with Gasteiger partial charge in [-0.05, 0) is 13.0 Å². The molecule has 0 aliphatic heterocycles. The van der Waals surface area contributed by atoms with Gasteiger partial charge in [0.15, 0.2) is 11.6 Å². The van der Waals surface area contributed by atoms with Gasteiger partial charge >= 0.3 is 0 Å². The molecule has 0 saturated heterocycles. The Hall–Kier alpha value is -2.17. The summed E-state index contributed by atoms with van der Waals surface area (Å²) < 4.78 is 45.2. The fraction of sp³-hybridized carbons (Fsp3) is 0.200. The molecule has 0 aromatic heterocycles. The molecular weight excluding hydrogens is 267 g/mol. The lowest BCUT2D eigenvalue weighted by Crippen LogP contribution is -2.11. The van der Waals surface area contributed by atoms with Crippen molar-refractivity contribution in [3.63, 3.8) is 0 Å². The highest BCUT2D eigenvalue weighted by Crippen LogP contribution is 2.29. The van der Waals surface area contributed by atoms with E-state index in [2.05, 4.69) is 5.32 Å². The highest BCUT2D eigenvalue weighted by molar-refractivity contribution is 5.50. The molecule has 0 amide bonds. The SMILES string of the molecule is COc1ccccc1C(C)Nc1c(F)cc(F)cc1F. The number of methoxy groups -OCH3 is 1. The average Bonchev–Trinajstić information content (AvgIpc) is 2.42. The number of para-hydroxylation sites is 1. The lowest BCUT2D eigenvalue weighted by atomic mass is 10.1. The van der Waals surface area contributed by atoms with Crippen LogP contribution in [0.2, 0.25) is 0 Å². The lowest BCUT2D eigenvalue weighted by molar-refractivity contribution is 0.407. The molecule has 2 aromatic carbocycles. The average molecular weight is 281 g/mol. The Morgan fingerprint density at radius 2 is 1.65 bits per heavy atom. The molecule has 0 heterocycles. The normalized spacial score (nSPS) is 12.1. The van der Waals surface area contributed by atoms with Crippen molar-refractivity contribution in [2.75, 3.05) is 12.4 Å². The number of benzene rings is 2. The summed E-state index contributed by atoms with van der Waals surface area (Å²) in [6.07, 6.45) is 0. The second kappa shape index (κ2) is 5.86. The van der Waals surface area contributed by atoms with E-state index in [0.29, 0.717) is 17.9 Å². The zero-order valence-electron chi connectivity index (χ0n) is 11.1. The molecule has 0 radical (unpaired) electrons. The molecule has 106 valence electrons. The zero-order valence-corrected chi connectivity index (χ0v) is 11.1. The van der Waals surface area contributed by atoms with E-state index in [1.165, 1.54) is 7.11 Å². The summed E-state index contributed by atoms with van der Waals surface area (Å²) >= 11 is 0. The maximum atomic E-state index is 13.6. The Kier molecular flexibility index (Phi) is 4.17. The van der Waals surface area contributed by atoms with Crippen LogP contribution in [0.25, 0.3) is 0 Å². The standard InChI is InChI=1S/C15H14F3NO/c1-9(11-5-3-4-6-14(11)20-2)19-15-12(17)7-10(16)8-13(15)18/h3-9,19H,1-2H3. The summed E-state index contributed by atoms with van der Waals surface area (Å²) in [5, 5.41) is 2.70. The third kappa shape index (κ3) is 2.87. The number of anilines is 1. The van der Waals surface area contributed by atoms with E-state index in [1.807, 2.05) is 0 Å². The van der Waals surface area contributed by atoms with Crippen LogP contribution in [-0.2, 0) is 0 Å². The molecule has 5 heteroatoms. The van der Waals surface area contributed by atoms with Crippen LogP contribution < -0.4 is 10.1 Å². The largest absolute Gasteiger partial charge is 0.496 e. The maximum Gasteiger partial charge on any atom is 0.152 e. The van der Waals surface area contributed by atoms with Gasteiger partial charge in [0, 0.05) is 17.7 Å². The van der Waals surface area contributed by atoms with E-state index in [0.717, 1.165) is 5.56 Å². The molecule has 1 N–H and O–H groups in total. The number of hydrogen-bond donors (Lipinski definition) is 1. The molecule has 2 aromatic rings. The Bertz CT molecular complexity index is 593. The Labute approximate surface area is 115 Å². The van der Waals surface area contributed by atoms with Crippen molar-refractivity contribution in [2.24, 2.45) is 0 Å². The fourth-order valence-electron chi connectivity index (χ4n) is 2.00. The van der Waals surface area contributed by atoms with Crippen molar-refractivity contribution < 1.29 is 17.9 Å². The first kappa shape index (κ1) is 14.2. The van der Waals surface area contributed by atoms with E-state index in [-0.39, 0.29) is 5.69 Å². The Morgan fingerprint density at radius 3 is 2.25 bits per heavy atom. The maximum absolute atomic E-state index is 13.6. The van der Waals surface area contributed by atoms with Crippen LogP contribution in [0.5, 0.6) is 5.75 Å². The first-order valence-electron chi connectivity index (χ1n) is 6.07. The second-order valence-electron chi connectivity index (χ2n) is 4.35. The van der Waals surface area contributed by atoms with E-state index in [9.17, 15) is 13.2 Å². The first-order valence-corrected chi connectivity index (χ1v) is 6.07. The fourth-order valence-corrected chi connectivity index (χ4v) is 2.00. The molecular formula is C15H14F3NO. The molecule has 0 fully saturated rings. The van der Waals surface area contributed by atoms with E-state index < -0.39 is 23.5 Å². The summed E-state index contributed by atoms with van der Waals surface area (Å²) in [6, 6.07) is 8.02. The number of halogens is 3. The van der Waals surface area contributed by atoms with Crippen molar-refractivity contribution >= 4 is 5.69 Å². The van der Waals surface area contributed by atoms with E-state index in [4.69, 9.17) is 4.74 Å². The molecule has 0 aliphatic carbocycles. The van der Waals surface area contributed by atoms with Gasteiger partial charge in [-0.15, -0.1) is 0 Å². The summed E-state index contributed by atoms with van der Waals surface area (Å²) in [7, 11) is 1.52. The van der Waals surface area contributed by atoms with Crippen LogP contribution in [0.1, 0.15) is 18.5 Å². The van der Waals surface area contributed by atoms with Crippen LogP contribution >= 0.6 is 0 Å². The zero-order chi connectivity index (χ0) is 14.7. The predicted octanol–water partition coefficient (Wildman–Crippen LogP) is 4.29. The molecule has 1 unspecified atom stereocenters. The van der Waals surface area contributed by atoms with E-state index in [1.54, 1.807) is 31.2 Å². The van der Waals surface area contributed by atoms with Gasteiger partial charge in [0.1, 0.15) is 17.3 Å². The van der Waals surface area contributed by atoms with Crippen molar-refractivity contribution in [1.82, 2.24) is 0 Å². The number of nitrogens with one attached hydrogen (secondary N) is 1. The summed E-state index contributed by atoms with van der Waals surface area (Å²) in [5.74, 6) is -2.28. The highest BCUT2D eigenvalue weighted by Gasteiger charge is 2.16. The lowest BCUT2D eigenvalue weighted by Gasteiger charge is -2.19. The topological polar surface area (TPSA) is 21.3 Å². The van der Waals surface area contributed by atoms with Crippen LogP contribution in [0.4, 0.5) is 18.9 Å². The van der Waals surface area contributed by atoms with Crippen LogP contribution in [-0.4, -0.2) is 7.11 Å². The minimum Gasteiger partial charge on any atom is -0.496 e. The first-order chi connectivity index (χ1) is 9.52. The molecule has 1 atom stereocenters. The summed E-state index contributed by atoms with van der Waals surface area (Å²) in [6.45, 7) is 1.74. The molecule has 2 nitrogen and oxygen atoms in total. The Morgan fingerprint density at radius 1 is 1.05 bits per heavy atom. The smallest absolute Gasteiger partial charge is 0.152 e. The molecule has 0 saturated carbocycles. The van der Waals surface area contributed by atoms with Crippen LogP contribution in [0.3, 0.4) is 0 Å². The monoisotopic (exact) mass is 281 g/mol. The van der Waals surface area contributed by atoms with Crippen LogP contribution in [0.15, 0.2) is 36.4 Å². The van der Waals surface area contributed by atoms with Gasteiger partial charge < -0.3 is 10.1 Å². The molecule has 0 bridgehead atoms. The third-order valence-corrected chi connectivity index (χ3v) is 2.97. The number of rotatable bonds is 4. The predicted molar refractivity (Wildman–Crippen MR) is 71.3 cm³/mol. The van der Waals surface area contributed by atoms with Crippen molar-refractivity contribution in [1.29, 1.82) is 0 Å². The van der Waals surface area contributed by atoms with Gasteiger partial charge in [0.25, 0.3) is 0 Å². The van der Waals surface area contributed by atoms with Crippen molar-refractivity contribution in [2.45, 2.75) is 13.0 Å². The molecule has 2 rings (SSSR count). The quantitative estimate of drug-likeness (QED) is 0.902. The molecule has 0 spiro atoms. The molecule has 0 aliphatic rings. The molecule has 20 heavy (non-hydrogen) atoms. The Balaban J connectivity index is 2.30. The van der Waals surface area contributed by atoms with Gasteiger partial charge in [-0.2, -0.15) is 0 Å².